The molecular formula is C15H22BrNO3. The fourth-order valence-electron chi connectivity index (χ4n) is 1.73. The van der Waals surface area contributed by atoms with Crippen molar-refractivity contribution in [2.75, 3.05) is 27.4 Å². The predicted molar refractivity (Wildman–Crippen MR) is 83.3 cm³/mol. The Morgan fingerprint density at radius 3 is 2.65 bits per heavy atom. The number of amides is 1. The molecule has 0 bridgehead atoms. The van der Waals surface area contributed by atoms with Gasteiger partial charge in [0.05, 0.1) is 12.7 Å². The Balaban J connectivity index is 2.67. The summed E-state index contributed by atoms with van der Waals surface area (Å²) in [5, 5.41) is 2.95. The number of benzene rings is 1. The van der Waals surface area contributed by atoms with E-state index in [0.29, 0.717) is 24.5 Å². The Morgan fingerprint density at radius 2 is 2.05 bits per heavy atom. The predicted octanol–water partition coefficient (Wildman–Crippen LogP) is 3.25. The van der Waals surface area contributed by atoms with Crippen LogP contribution in [-0.4, -0.2) is 33.3 Å². The van der Waals surface area contributed by atoms with Crippen molar-refractivity contribution < 1.29 is 14.3 Å². The molecule has 1 aromatic carbocycles. The van der Waals surface area contributed by atoms with E-state index in [4.69, 9.17) is 9.47 Å². The van der Waals surface area contributed by atoms with Gasteiger partial charge in [-0.3, -0.25) is 4.79 Å². The average molecular weight is 344 g/mol. The summed E-state index contributed by atoms with van der Waals surface area (Å²) in [6, 6.07) is 5.36. The molecular weight excluding hydrogens is 322 g/mol. The van der Waals surface area contributed by atoms with E-state index in [-0.39, 0.29) is 11.3 Å². The molecule has 0 radical (unpaired) electrons. The van der Waals surface area contributed by atoms with E-state index in [1.54, 1.807) is 26.4 Å². The van der Waals surface area contributed by atoms with E-state index >= 15 is 0 Å². The molecule has 1 aromatic rings. The summed E-state index contributed by atoms with van der Waals surface area (Å²) in [6.45, 7) is 5.48. The summed E-state index contributed by atoms with van der Waals surface area (Å²) < 4.78 is 11.2. The fraction of sp³-hybridized carbons (Fsp3) is 0.533. The number of carbonyl (C=O) groups is 1. The Bertz CT molecular complexity index is 460. The van der Waals surface area contributed by atoms with Gasteiger partial charge in [-0.05, 0) is 30.0 Å². The lowest BCUT2D eigenvalue weighted by Gasteiger charge is -2.24. The second kappa shape index (κ2) is 7.64. The molecule has 0 aromatic heterocycles. The van der Waals surface area contributed by atoms with Crippen LogP contribution in [0.25, 0.3) is 0 Å². The first kappa shape index (κ1) is 17.0. The third kappa shape index (κ3) is 5.13. The molecule has 0 saturated carbocycles. The Morgan fingerprint density at radius 1 is 1.35 bits per heavy atom. The second-order valence-corrected chi connectivity index (χ2v) is 6.35. The van der Waals surface area contributed by atoms with E-state index < -0.39 is 0 Å². The van der Waals surface area contributed by atoms with Crippen LogP contribution in [0.5, 0.6) is 5.75 Å². The van der Waals surface area contributed by atoms with Gasteiger partial charge in [-0.2, -0.15) is 0 Å². The van der Waals surface area contributed by atoms with Crippen molar-refractivity contribution in [2.45, 2.75) is 20.3 Å². The van der Waals surface area contributed by atoms with Crippen molar-refractivity contribution in [3.63, 3.8) is 0 Å². The summed E-state index contributed by atoms with van der Waals surface area (Å²) in [7, 11) is 3.24. The van der Waals surface area contributed by atoms with Crippen LogP contribution < -0.4 is 10.1 Å². The Labute approximate surface area is 129 Å². The standard InChI is InChI=1S/C15H22BrNO3/c1-15(2,7-8-19-3)10-17-14(18)12-6-5-11(16)9-13(12)20-4/h5-6,9H,7-8,10H2,1-4H3,(H,17,18). The highest BCUT2D eigenvalue weighted by Crippen LogP contribution is 2.24. The van der Waals surface area contributed by atoms with Gasteiger partial charge < -0.3 is 14.8 Å². The molecule has 0 unspecified atom stereocenters. The summed E-state index contributed by atoms with van der Waals surface area (Å²) in [5.74, 6) is 0.436. The van der Waals surface area contributed by atoms with Crippen molar-refractivity contribution in [1.29, 1.82) is 0 Å². The Kier molecular flexibility index (Phi) is 6.49. The summed E-state index contributed by atoms with van der Waals surface area (Å²) >= 11 is 3.36. The maximum atomic E-state index is 12.2. The van der Waals surface area contributed by atoms with Crippen LogP contribution in [0.2, 0.25) is 0 Å². The monoisotopic (exact) mass is 343 g/mol. The molecule has 5 heteroatoms. The van der Waals surface area contributed by atoms with Gasteiger partial charge in [0.15, 0.2) is 0 Å². The highest BCUT2D eigenvalue weighted by Gasteiger charge is 2.20. The molecule has 0 fully saturated rings. The van der Waals surface area contributed by atoms with Crippen molar-refractivity contribution in [1.82, 2.24) is 5.32 Å². The molecule has 1 amide bonds. The van der Waals surface area contributed by atoms with Crippen molar-refractivity contribution >= 4 is 21.8 Å². The maximum Gasteiger partial charge on any atom is 0.255 e. The van der Waals surface area contributed by atoms with Gasteiger partial charge in [-0.1, -0.05) is 29.8 Å². The smallest absolute Gasteiger partial charge is 0.255 e. The Hall–Kier alpha value is -1.07. The third-order valence-corrected chi connectivity index (χ3v) is 3.61. The molecule has 0 saturated heterocycles. The molecule has 4 nitrogen and oxygen atoms in total. The van der Waals surface area contributed by atoms with E-state index in [1.165, 1.54) is 0 Å². The minimum Gasteiger partial charge on any atom is -0.496 e. The van der Waals surface area contributed by atoms with E-state index in [0.717, 1.165) is 10.9 Å². The fourth-order valence-corrected chi connectivity index (χ4v) is 2.07. The van der Waals surface area contributed by atoms with Crippen LogP contribution in [0.15, 0.2) is 22.7 Å². The average Bonchev–Trinajstić information content (AvgIpc) is 2.42. The van der Waals surface area contributed by atoms with E-state index in [9.17, 15) is 4.79 Å². The molecule has 0 aliphatic heterocycles. The number of hydrogen-bond acceptors (Lipinski definition) is 3. The molecule has 0 aliphatic rings. The van der Waals surface area contributed by atoms with Crippen LogP contribution >= 0.6 is 15.9 Å². The summed E-state index contributed by atoms with van der Waals surface area (Å²) in [6.07, 6.45) is 0.890. The summed E-state index contributed by atoms with van der Waals surface area (Å²) in [4.78, 5) is 12.2. The first-order valence-electron chi connectivity index (χ1n) is 6.50. The number of rotatable bonds is 7. The number of ether oxygens (including phenoxy) is 2. The van der Waals surface area contributed by atoms with Gasteiger partial charge in [-0.15, -0.1) is 0 Å². The zero-order valence-corrected chi connectivity index (χ0v) is 14.0. The SMILES string of the molecule is COCCC(C)(C)CNC(=O)c1ccc(Br)cc1OC. The minimum atomic E-state index is -0.125. The lowest BCUT2D eigenvalue weighted by atomic mass is 9.89. The van der Waals surface area contributed by atoms with Crippen LogP contribution in [0.3, 0.4) is 0 Å². The van der Waals surface area contributed by atoms with Gasteiger partial charge in [-0.25, -0.2) is 0 Å². The van der Waals surface area contributed by atoms with Crippen molar-refractivity contribution in [2.24, 2.45) is 5.41 Å². The van der Waals surface area contributed by atoms with Gasteiger partial charge in [0.2, 0.25) is 0 Å². The lowest BCUT2D eigenvalue weighted by Crippen LogP contribution is -2.34. The molecule has 1 rings (SSSR count). The number of hydrogen-bond donors (Lipinski definition) is 1. The first-order valence-corrected chi connectivity index (χ1v) is 7.29. The molecule has 112 valence electrons. The third-order valence-electron chi connectivity index (χ3n) is 3.12. The molecule has 0 spiro atoms. The largest absolute Gasteiger partial charge is 0.496 e. The summed E-state index contributed by atoms with van der Waals surface area (Å²) in [5.41, 5.74) is 0.534. The lowest BCUT2D eigenvalue weighted by molar-refractivity contribution is 0.0918. The van der Waals surface area contributed by atoms with E-state index in [2.05, 4.69) is 35.1 Å². The highest BCUT2D eigenvalue weighted by molar-refractivity contribution is 9.10. The quantitative estimate of drug-likeness (QED) is 0.826. The van der Waals surface area contributed by atoms with Crippen LogP contribution in [0.1, 0.15) is 30.6 Å². The normalized spacial score (nSPS) is 11.2. The van der Waals surface area contributed by atoms with Gasteiger partial charge >= 0.3 is 0 Å². The molecule has 0 heterocycles. The molecule has 0 aliphatic carbocycles. The zero-order chi connectivity index (χ0) is 15.2. The molecule has 1 N–H and O–H groups in total. The number of methoxy groups -OCH3 is 2. The van der Waals surface area contributed by atoms with Crippen molar-refractivity contribution in [3.05, 3.63) is 28.2 Å². The maximum absolute atomic E-state index is 12.2. The van der Waals surface area contributed by atoms with Crippen LogP contribution in [0, 0.1) is 5.41 Å². The molecule has 20 heavy (non-hydrogen) atoms. The van der Waals surface area contributed by atoms with Gasteiger partial charge in [0.25, 0.3) is 5.91 Å². The number of nitrogens with one attached hydrogen (secondary N) is 1. The van der Waals surface area contributed by atoms with Crippen LogP contribution in [-0.2, 0) is 4.74 Å². The van der Waals surface area contributed by atoms with Gasteiger partial charge in [0, 0.05) is 24.7 Å². The van der Waals surface area contributed by atoms with E-state index in [1.807, 2.05) is 6.07 Å². The minimum absolute atomic E-state index is 0.00569. The van der Waals surface area contributed by atoms with Gasteiger partial charge in [0.1, 0.15) is 5.75 Å². The highest BCUT2D eigenvalue weighted by atomic mass is 79.9. The number of halogens is 1. The molecule has 0 atom stereocenters. The topological polar surface area (TPSA) is 47.6 Å². The number of carbonyl (C=O) groups excluding carboxylic acids is 1. The zero-order valence-electron chi connectivity index (χ0n) is 12.5. The van der Waals surface area contributed by atoms with Crippen LogP contribution in [0.4, 0.5) is 0 Å². The van der Waals surface area contributed by atoms with Crippen molar-refractivity contribution in [3.8, 4) is 5.75 Å². The second-order valence-electron chi connectivity index (χ2n) is 5.43. The first-order chi connectivity index (χ1) is 9.39.